The molecule has 2 N–H and O–H groups in total. The van der Waals surface area contributed by atoms with Crippen LogP contribution in [0.15, 0.2) is 0 Å². The van der Waals surface area contributed by atoms with Gasteiger partial charge < -0.3 is 10.2 Å². The van der Waals surface area contributed by atoms with Gasteiger partial charge in [-0.1, -0.05) is 12.8 Å². The van der Waals surface area contributed by atoms with Crippen LogP contribution in [0.3, 0.4) is 0 Å². The van der Waals surface area contributed by atoms with Crippen LogP contribution in [0, 0.1) is 0 Å². The third-order valence-corrected chi connectivity index (χ3v) is 3.11. The molecule has 3 unspecified atom stereocenters. The minimum Gasteiger partial charge on any atom is -0.393 e. The van der Waals surface area contributed by atoms with Crippen LogP contribution in [-0.2, 0) is 0 Å². The Hall–Kier alpha value is -0.120. The maximum absolute atomic E-state index is 9.46. The normalized spacial score (nSPS) is 28.4. The van der Waals surface area contributed by atoms with E-state index in [0.717, 1.165) is 25.9 Å². The second kappa shape index (κ2) is 6.46. The van der Waals surface area contributed by atoms with Gasteiger partial charge >= 0.3 is 0 Å². The minimum atomic E-state index is -0.264. The van der Waals surface area contributed by atoms with Gasteiger partial charge in [-0.25, -0.2) is 0 Å². The van der Waals surface area contributed by atoms with Crippen molar-refractivity contribution in [2.75, 3.05) is 13.1 Å². The smallest absolute Gasteiger partial charge is 0.0639 e. The van der Waals surface area contributed by atoms with Crippen molar-refractivity contribution >= 4 is 0 Å². The quantitative estimate of drug-likeness (QED) is 0.744. The summed E-state index contributed by atoms with van der Waals surface area (Å²) in [5.74, 6) is 0. The van der Waals surface area contributed by atoms with E-state index in [1.807, 2.05) is 13.8 Å². The van der Waals surface area contributed by atoms with Crippen LogP contribution in [0.5, 0.6) is 0 Å². The van der Waals surface area contributed by atoms with Crippen molar-refractivity contribution < 1.29 is 10.2 Å². The first kappa shape index (κ1) is 12.9. The summed E-state index contributed by atoms with van der Waals surface area (Å²) in [5.41, 5.74) is 0. The van der Waals surface area contributed by atoms with Gasteiger partial charge in [0.15, 0.2) is 0 Å². The van der Waals surface area contributed by atoms with E-state index in [1.54, 1.807) is 0 Å². The summed E-state index contributed by atoms with van der Waals surface area (Å²) in [6, 6.07) is 0.460. The number of rotatable bonds is 4. The molecule has 1 fully saturated rings. The molecule has 3 atom stereocenters. The van der Waals surface area contributed by atoms with Gasteiger partial charge in [0.2, 0.25) is 0 Å². The zero-order chi connectivity index (χ0) is 11.3. The van der Waals surface area contributed by atoms with E-state index >= 15 is 0 Å². The van der Waals surface area contributed by atoms with Gasteiger partial charge in [0.05, 0.1) is 12.2 Å². The van der Waals surface area contributed by atoms with E-state index in [-0.39, 0.29) is 12.2 Å². The lowest BCUT2D eigenvalue weighted by Gasteiger charge is -2.31. The molecule has 0 radical (unpaired) electrons. The van der Waals surface area contributed by atoms with Gasteiger partial charge in [-0.3, -0.25) is 4.90 Å². The van der Waals surface area contributed by atoms with Crippen LogP contribution in [0.4, 0.5) is 0 Å². The minimum absolute atomic E-state index is 0.232. The summed E-state index contributed by atoms with van der Waals surface area (Å²) in [7, 11) is 0. The van der Waals surface area contributed by atoms with Gasteiger partial charge in [-0.2, -0.15) is 0 Å². The summed E-state index contributed by atoms with van der Waals surface area (Å²) in [6.45, 7) is 5.51. The van der Waals surface area contributed by atoms with Gasteiger partial charge in [0.1, 0.15) is 0 Å². The monoisotopic (exact) mass is 215 g/mol. The molecule has 3 heteroatoms. The standard InChI is InChI=1S/C12H25NO2/c1-10(14)8-12-6-4-3-5-7-13(12)9-11(2)15/h10-12,14-15H,3-9H2,1-2H3. The van der Waals surface area contributed by atoms with E-state index in [1.165, 1.54) is 19.3 Å². The second-order valence-corrected chi connectivity index (χ2v) is 4.93. The Balaban J connectivity index is 2.50. The Bertz CT molecular complexity index is 153. The molecule has 3 nitrogen and oxygen atoms in total. The molecule has 1 aliphatic heterocycles. The topological polar surface area (TPSA) is 43.7 Å². The molecule has 0 aromatic rings. The first-order chi connectivity index (χ1) is 7.09. The highest BCUT2D eigenvalue weighted by molar-refractivity contribution is 4.78. The highest BCUT2D eigenvalue weighted by Crippen LogP contribution is 2.20. The summed E-state index contributed by atoms with van der Waals surface area (Å²) in [6.07, 6.45) is 5.28. The summed E-state index contributed by atoms with van der Waals surface area (Å²) in [4.78, 5) is 2.35. The van der Waals surface area contributed by atoms with Gasteiger partial charge in [0.25, 0.3) is 0 Å². The fraction of sp³-hybridized carbons (Fsp3) is 1.00. The first-order valence-electron chi connectivity index (χ1n) is 6.19. The van der Waals surface area contributed by atoms with Gasteiger partial charge in [0, 0.05) is 12.6 Å². The van der Waals surface area contributed by atoms with Crippen molar-refractivity contribution in [1.29, 1.82) is 0 Å². The molecule has 1 rings (SSSR count). The molecule has 90 valence electrons. The number of nitrogens with zero attached hydrogens (tertiary/aromatic N) is 1. The molecule has 0 aromatic carbocycles. The molecule has 1 saturated heterocycles. The average Bonchev–Trinajstić information content (AvgIpc) is 2.30. The van der Waals surface area contributed by atoms with Crippen molar-refractivity contribution in [2.45, 2.75) is 64.2 Å². The molecule has 1 heterocycles. The van der Waals surface area contributed by atoms with Crippen molar-refractivity contribution in [3.8, 4) is 0 Å². The van der Waals surface area contributed by atoms with Crippen LogP contribution in [-0.4, -0.2) is 46.5 Å². The first-order valence-corrected chi connectivity index (χ1v) is 6.19. The number of aliphatic hydroxyl groups is 2. The Morgan fingerprint density at radius 1 is 1.13 bits per heavy atom. The molecule has 0 aliphatic carbocycles. The molecule has 0 bridgehead atoms. The summed E-state index contributed by atoms with van der Waals surface area (Å²) in [5, 5.41) is 18.9. The number of hydrogen-bond acceptors (Lipinski definition) is 3. The third kappa shape index (κ3) is 4.96. The third-order valence-electron chi connectivity index (χ3n) is 3.11. The van der Waals surface area contributed by atoms with Crippen molar-refractivity contribution in [3.63, 3.8) is 0 Å². The van der Waals surface area contributed by atoms with E-state index in [9.17, 15) is 10.2 Å². The second-order valence-electron chi connectivity index (χ2n) is 4.93. The van der Waals surface area contributed by atoms with Crippen LogP contribution in [0.2, 0.25) is 0 Å². The Kier molecular flexibility index (Phi) is 5.58. The van der Waals surface area contributed by atoms with Crippen LogP contribution in [0.1, 0.15) is 46.0 Å². The van der Waals surface area contributed by atoms with Crippen molar-refractivity contribution in [2.24, 2.45) is 0 Å². The maximum atomic E-state index is 9.46. The molecule has 0 saturated carbocycles. The van der Waals surface area contributed by atoms with Crippen LogP contribution < -0.4 is 0 Å². The van der Waals surface area contributed by atoms with Gasteiger partial charge in [-0.05, 0) is 39.7 Å². The number of aliphatic hydroxyl groups excluding tert-OH is 2. The lowest BCUT2D eigenvalue weighted by molar-refractivity contribution is 0.0712. The fourth-order valence-corrected chi connectivity index (χ4v) is 2.48. The molecule has 0 spiro atoms. The zero-order valence-electron chi connectivity index (χ0n) is 10.0. The van der Waals surface area contributed by atoms with E-state index < -0.39 is 0 Å². The Labute approximate surface area is 93.1 Å². The van der Waals surface area contributed by atoms with Crippen molar-refractivity contribution in [1.82, 2.24) is 4.90 Å². The van der Waals surface area contributed by atoms with Crippen molar-refractivity contribution in [3.05, 3.63) is 0 Å². The number of hydrogen-bond donors (Lipinski definition) is 2. The average molecular weight is 215 g/mol. The molecule has 0 aromatic heterocycles. The summed E-state index contributed by atoms with van der Waals surface area (Å²) < 4.78 is 0. The van der Waals surface area contributed by atoms with Crippen LogP contribution >= 0.6 is 0 Å². The fourth-order valence-electron chi connectivity index (χ4n) is 2.48. The lowest BCUT2D eigenvalue weighted by Crippen LogP contribution is -2.41. The SMILES string of the molecule is CC(O)CC1CCCCCN1CC(C)O. The molecule has 15 heavy (non-hydrogen) atoms. The zero-order valence-corrected chi connectivity index (χ0v) is 10.0. The summed E-state index contributed by atoms with van der Waals surface area (Å²) >= 11 is 0. The largest absolute Gasteiger partial charge is 0.393 e. The van der Waals surface area contributed by atoms with E-state index in [2.05, 4.69) is 4.90 Å². The molecular weight excluding hydrogens is 190 g/mol. The predicted octanol–water partition coefficient (Wildman–Crippen LogP) is 1.38. The molecular formula is C12H25NO2. The highest BCUT2D eigenvalue weighted by Gasteiger charge is 2.22. The van der Waals surface area contributed by atoms with E-state index in [4.69, 9.17) is 0 Å². The highest BCUT2D eigenvalue weighted by atomic mass is 16.3. The van der Waals surface area contributed by atoms with Gasteiger partial charge in [-0.15, -0.1) is 0 Å². The molecule has 0 amide bonds. The van der Waals surface area contributed by atoms with E-state index in [0.29, 0.717) is 6.04 Å². The van der Waals surface area contributed by atoms with Crippen LogP contribution in [0.25, 0.3) is 0 Å². The Morgan fingerprint density at radius 3 is 2.47 bits per heavy atom. The number of β-amino-alcohol motifs (C(OH)–C–C–N with tert-alkyl or cyclic N) is 1. The Morgan fingerprint density at radius 2 is 1.87 bits per heavy atom. The lowest BCUT2D eigenvalue weighted by atomic mass is 10.0. The predicted molar refractivity (Wildman–Crippen MR) is 61.8 cm³/mol. The molecule has 1 aliphatic rings. The maximum Gasteiger partial charge on any atom is 0.0639 e. The number of likely N-dealkylation sites (tertiary alicyclic amines) is 1.